The Morgan fingerprint density at radius 1 is 1.27 bits per heavy atom. The third-order valence-corrected chi connectivity index (χ3v) is 4.91. The van der Waals surface area contributed by atoms with Gasteiger partial charge in [-0.1, -0.05) is 12.1 Å². The predicted octanol–water partition coefficient (Wildman–Crippen LogP) is 2.36. The standard InChI is InChI=1S/C18H17N3O4S/c1-11(22)12-4-3-5-14(8-12)19-15(23)9-21-16(24)18(2,20-17(21)25)13-6-7-26-10-13/h3-8,10H,9H2,1-2H3,(H,19,23)(H,20,25). The summed E-state index contributed by atoms with van der Waals surface area (Å²) in [5.74, 6) is -1.13. The summed E-state index contributed by atoms with van der Waals surface area (Å²) < 4.78 is 0. The molecule has 1 saturated heterocycles. The molecule has 4 amide bonds. The highest BCUT2D eigenvalue weighted by atomic mass is 32.1. The number of carbonyl (C=O) groups is 4. The molecule has 0 saturated carbocycles. The first-order chi connectivity index (χ1) is 12.3. The lowest BCUT2D eigenvalue weighted by Crippen LogP contribution is -2.41. The normalized spacial score (nSPS) is 19.4. The van der Waals surface area contributed by atoms with Crippen LogP contribution in [0.2, 0.25) is 0 Å². The van der Waals surface area contributed by atoms with Crippen LogP contribution in [0.5, 0.6) is 0 Å². The van der Waals surface area contributed by atoms with Crippen molar-refractivity contribution in [3.8, 4) is 0 Å². The van der Waals surface area contributed by atoms with E-state index < -0.39 is 29.9 Å². The Morgan fingerprint density at radius 2 is 2.04 bits per heavy atom. The van der Waals surface area contributed by atoms with Gasteiger partial charge in [-0.15, -0.1) is 0 Å². The third-order valence-electron chi connectivity index (χ3n) is 4.23. The minimum atomic E-state index is -1.17. The first kappa shape index (κ1) is 17.8. The molecule has 0 aliphatic carbocycles. The average molecular weight is 371 g/mol. The first-order valence-electron chi connectivity index (χ1n) is 7.89. The molecule has 134 valence electrons. The topological polar surface area (TPSA) is 95.6 Å². The van der Waals surface area contributed by atoms with Crippen LogP contribution in [0.1, 0.15) is 29.8 Å². The number of benzene rings is 1. The molecule has 0 bridgehead atoms. The fraction of sp³-hybridized carbons (Fsp3) is 0.222. The zero-order chi connectivity index (χ0) is 18.9. The van der Waals surface area contributed by atoms with Crippen LogP contribution < -0.4 is 10.6 Å². The summed E-state index contributed by atoms with van der Waals surface area (Å²) >= 11 is 1.42. The van der Waals surface area contributed by atoms with Crippen molar-refractivity contribution in [2.24, 2.45) is 0 Å². The predicted molar refractivity (Wildman–Crippen MR) is 97.0 cm³/mol. The van der Waals surface area contributed by atoms with E-state index in [4.69, 9.17) is 0 Å². The molecule has 1 fully saturated rings. The van der Waals surface area contributed by atoms with E-state index >= 15 is 0 Å². The molecule has 2 aromatic rings. The van der Waals surface area contributed by atoms with Crippen LogP contribution in [0, 0.1) is 0 Å². The van der Waals surface area contributed by atoms with Crippen molar-refractivity contribution in [1.29, 1.82) is 0 Å². The number of rotatable bonds is 5. The molecule has 1 aliphatic rings. The zero-order valence-electron chi connectivity index (χ0n) is 14.2. The van der Waals surface area contributed by atoms with E-state index in [-0.39, 0.29) is 5.78 Å². The summed E-state index contributed by atoms with van der Waals surface area (Å²) in [7, 11) is 0. The van der Waals surface area contributed by atoms with Gasteiger partial charge in [-0.25, -0.2) is 4.79 Å². The molecule has 26 heavy (non-hydrogen) atoms. The Hall–Kier alpha value is -3.00. The van der Waals surface area contributed by atoms with Gasteiger partial charge < -0.3 is 10.6 Å². The van der Waals surface area contributed by atoms with Gasteiger partial charge in [0.2, 0.25) is 5.91 Å². The van der Waals surface area contributed by atoms with Crippen molar-refractivity contribution in [3.05, 3.63) is 52.2 Å². The van der Waals surface area contributed by atoms with Crippen molar-refractivity contribution in [3.63, 3.8) is 0 Å². The van der Waals surface area contributed by atoms with Crippen LogP contribution in [0.4, 0.5) is 10.5 Å². The van der Waals surface area contributed by atoms with Crippen LogP contribution in [0.15, 0.2) is 41.1 Å². The average Bonchev–Trinajstić information content (AvgIpc) is 3.20. The molecule has 2 N–H and O–H groups in total. The maximum atomic E-state index is 12.7. The maximum absolute atomic E-state index is 12.7. The van der Waals surface area contributed by atoms with E-state index in [9.17, 15) is 19.2 Å². The lowest BCUT2D eigenvalue weighted by molar-refractivity contribution is -0.133. The van der Waals surface area contributed by atoms with Gasteiger partial charge in [-0.2, -0.15) is 11.3 Å². The number of ketones is 1. The summed E-state index contributed by atoms with van der Waals surface area (Å²) in [6.07, 6.45) is 0. The Balaban J connectivity index is 1.72. The van der Waals surface area contributed by atoms with E-state index in [0.29, 0.717) is 16.8 Å². The van der Waals surface area contributed by atoms with E-state index in [1.807, 2.05) is 5.38 Å². The number of carbonyl (C=O) groups excluding carboxylic acids is 4. The number of imide groups is 1. The largest absolute Gasteiger partial charge is 0.325 e. The van der Waals surface area contributed by atoms with Crippen molar-refractivity contribution in [2.75, 3.05) is 11.9 Å². The van der Waals surface area contributed by atoms with E-state index in [0.717, 1.165) is 4.90 Å². The van der Waals surface area contributed by atoms with Crippen molar-refractivity contribution in [1.82, 2.24) is 10.2 Å². The van der Waals surface area contributed by atoms with Crippen LogP contribution in [0.25, 0.3) is 0 Å². The van der Waals surface area contributed by atoms with Gasteiger partial charge >= 0.3 is 6.03 Å². The molecule has 1 unspecified atom stereocenters. The lowest BCUT2D eigenvalue weighted by atomic mass is 9.95. The number of amides is 4. The van der Waals surface area contributed by atoms with Gasteiger partial charge in [0.15, 0.2) is 5.78 Å². The fourth-order valence-corrected chi connectivity index (χ4v) is 3.51. The summed E-state index contributed by atoms with van der Waals surface area (Å²) in [6, 6.07) is 7.61. The molecule has 0 spiro atoms. The smallest absolute Gasteiger partial charge is 0.325 e. The summed E-state index contributed by atoms with van der Waals surface area (Å²) in [4.78, 5) is 49.5. The van der Waals surface area contributed by atoms with Crippen LogP contribution in [-0.2, 0) is 15.1 Å². The van der Waals surface area contributed by atoms with Gasteiger partial charge in [0.1, 0.15) is 12.1 Å². The number of thiophene rings is 1. The number of anilines is 1. The zero-order valence-corrected chi connectivity index (χ0v) is 15.1. The van der Waals surface area contributed by atoms with Crippen LogP contribution >= 0.6 is 11.3 Å². The molecule has 2 heterocycles. The molecular weight excluding hydrogens is 354 g/mol. The van der Waals surface area contributed by atoms with Gasteiger partial charge in [-0.3, -0.25) is 19.3 Å². The summed E-state index contributed by atoms with van der Waals surface area (Å²) in [5, 5.41) is 8.85. The van der Waals surface area contributed by atoms with Crippen LogP contribution in [-0.4, -0.2) is 35.1 Å². The minimum absolute atomic E-state index is 0.123. The second-order valence-electron chi connectivity index (χ2n) is 6.14. The summed E-state index contributed by atoms with van der Waals surface area (Å²) in [6.45, 7) is 2.64. The lowest BCUT2D eigenvalue weighted by Gasteiger charge is -2.20. The first-order valence-corrected chi connectivity index (χ1v) is 8.83. The Bertz CT molecular complexity index is 894. The van der Waals surface area contributed by atoms with E-state index in [1.165, 1.54) is 18.3 Å². The summed E-state index contributed by atoms with van der Waals surface area (Å²) in [5.41, 5.74) is 0.391. The van der Waals surface area contributed by atoms with Crippen molar-refractivity contribution in [2.45, 2.75) is 19.4 Å². The molecule has 7 nitrogen and oxygen atoms in total. The molecule has 3 rings (SSSR count). The highest BCUT2D eigenvalue weighted by Gasteiger charge is 2.49. The molecule has 1 atom stereocenters. The number of hydrogen-bond acceptors (Lipinski definition) is 5. The monoisotopic (exact) mass is 371 g/mol. The molecule has 8 heteroatoms. The van der Waals surface area contributed by atoms with E-state index in [1.54, 1.807) is 42.6 Å². The molecule has 1 aliphatic heterocycles. The fourth-order valence-electron chi connectivity index (χ4n) is 2.75. The Morgan fingerprint density at radius 3 is 2.69 bits per heavy atom. The highest BCUT2D eigenvalue weighted by Crippen LogP contribution is 2.30. The number of hydrogen-bond donors (Lipinski definition) is 2. The van der Waals surface area contributed by atoms with Crippen molar-refractivity contribution < 1.29 is 19.2 Å². The highest BCUT2D eigenvalue weighted by molar-refractivity contribution is 7.08. The third kappa shape index (κ3) is 3.23. The number of urea groups is 1. The van der Waals surface area contributed by atoms with Gasteiger partial charge in [0, 0.05) is 11.3 Å². The van der Waals surface area contributed by atoms with Gasteiger partial charge in [0.25, 0.3) is 5.91 Å². The second-order valence-corrected chi connectivity index (χ2v) is 6.92. The Labute approximate surface area is 154 Å². The molecule has 1 aromatic carbocycles. The number of nitrogens with zero attached hydrogens (tertiary/aromatic N) is 1. The number of nitrogens with one attached hydrogen (secondary N) is 2. The van der Waals surface area contributed by atoms with Gasteiger partial charge in [0.05, 0.1) is 0 Å². The van der Waals surface area contributed by atoms with E-state index in [2.05, 4.69) is 10.6 Å². The Kier molecular flexibility index (Phi) is 4.60. The SMILES string of the molecule is CC(=O)c1cccc(NC(=O)CN2C(=O)NC(C)(c3ccsc3)C2=O)c1. The van der Waals surface area contributed by atoms with Crippen molar-refractivity contribution >= 4 is 40.7 Å². The second kappa shape index (κ2) is 6.72. The maximum Gasteiger partial charge on any atom is 0.325 e. The minimum Gasteiger partial charge on any atom is -0.325 e. The number of Topliss-reactive ketones (excluding diaryl/α,β-unsaturated/α-hetero) is 1. The quantitative estimate of drug-likeness (QED) is 0.623. The molecule has 0 radical (unpaired) electrons. The molecular formula is C18H17N3O4S. The molecule has 1 aromatic heterocycles. The van der Waals surface area contributed by atoms with Gasteiger partial charge in [-0.05, 0) is 48.4 Å². The van der Waals surface area contributed by atoms with Crippen LogP contribution in [0.3, 0.4) is 0 Å².